The molecule has 1 aromatic carbocycles. The number of hydrogen-bond donors (Lipinski definition) is 1. The number of aryl methyl sites for hydroxylation is 2. The van der Waals surface area contributed by atoms with E-state index in [4.69, 9.17) is 0 Å². The van der Waals surface area contributed by atoms with Gasteiger partial charge in [0.25, 0.3) is 0 Å². The van der Waals surface area contributed by atoms with Gasteiger partial charge in [-0.2, -0.15) is 0 Å². The lowest BCUT2D eigenvalue weighted by molar-refractivity contribution is -0.114. The Morgan fingerprint density at radius 2 is 1.92 bits per heavy atom. The zero-order valence-corrected chi connectivity index (χ0v) is 15.7. The third-order valence-electron chi connectivity index (χ3n) is 4.36. The molecule has 0 unspecified atom stereocenters. The van der Waals surface area contributed by atoms with E-state index < -0.39 is 0 Å². The van der Waals surface area contributed by atoms with Crippen LogP contribution < -0.4 is 5.32 Å². The number of carbonyl (C=O) groups is 1. The quantitative estimate of drug-likeness (QED) is 0.517. The highest BCUT2D eigenvalue weighted by Gasteiger charge is 2.19. The summed E-state index contributed by atoms with van der Waals surface area (Å²) in [6, 6.07) is 7.90. The van der Waals surface area contributed by atoms with E-state index >= 15 is 0 Å². The van der Waals surface area contributed by atoms with E-state index in [0.29, 0.717) is 0 Å². The molecule has 4 nitrogen and oxygen atoms in total. The van der Waals surface area contributed by atoms with Gasteiger partial charge in [-0.15, -0.1) is 11.3 Å². The second-order valence-corrected chi connectivity index (χ2v) is 8.38. The molecule has 0 saturated carbocycles. The van der Waals surface area contributed by atoms with Crippen LogP contribution in [0.1, 0.15) is 36.6 Å². The van der Waals surface area contributed by atoms with Gasteiger partial charge < -0.3 is 5.32 Å². The molecule has 2 aromatic heterocycles. The van der Waals surface area contributed by atoms with Crippen LogP contribution in [-0.4, -0.2) is 15.9 Å². The van der Waals surface area contributed by atoms with Crippen LogP contribution in [0.3, 0.4) is 0 Å². The third kappa shape index (κ3) is 3.55. The number of nitrogens with zero attached hydrogens (tertiary/aromatic N) is 2. The molecule has 0 bridgehead atoms. The van der Waals surface area contributed by atoms with E-state index in [1.165, 1.54) is 48.4 Å². The molecule has 128 valence electrons. The second kappa shape index (κ2) is 7.14. The van der Waals surface area contributed by atoms with Crippen molar-refractivity contribution in [3.63, 3.8) is 0 Å². The standard InChI is InChI=1S/C19H19N3OS2/c1-12(23)22-13-7-9-14(10-8-13)24-18-17-15-5-3-2-4-6-16(15)25-19(17)21-11-20-18/h7-11H,2-6H2,1H3,(H,22,23). The maximum atomic E-state index is 11.1. The molecule has 3 aromatic rings. The van der Waals surface area contributed by atoms with Crippen molar-refractivity contribution in [2.75, 3.05) is 5.32 Å². The lowest BCUT2D eigenvalue weighted by atomic mass is 10.1. The Morgan fingerprint density at radius 3 is 2.72 bits per heavy atom. The fourth-order valence-electron chi connectivity index (χ4n) is 3.24. The monoisotopic (exact) mass is 369 g/mol. The van der Waals surface area contributed by atoms with E-state index in [9.17, 15) is 4.79 Å². The minimum atomic E-state index is -0.0566. The summed E-state index contributed by atoms with van der Waals surface area (Å²) in [7, 11) is 0. The Balaban J connectivity index is 1.67. The van der Waals surface area contributed by atoms with Crippen molar-refractivity contribution >= 4 is 44.9 Å². The Labute approximate surface area is 155 Å². The molecule has 1 amide bonds. The molecule has 0 fully saturated rings. The summed E-state index contributed by atoms with van der Waals surface area (Å²) in [6.07, 6.45) is 7.82. The van der Waals surface area contributed by atoms with Gasteiger partial charge >= 0.3 is 0 Å². The first-order valence-electron chi connectivity index (χ1n) is 8.51. The largest absolute Gasteiger partial charge is 0.326 e. The van der Waals surface area contributed by atoms with Gasteiger partial charge in [-0.05, 0) is 55.5 Å². The van der Waals surface area contributed by atoms with Crippen molar-refractivity contribution < 1.29 is 4.79 Å². The van der Waals surface area contributed by atoms with E-state index in [2.05, 4.69) is 15.3 Å². The lowest BCUT2D eigenvalue weighted by Gasteiger charge is -2.06. The lowest BCUT2D eigenvalue weighted by Crippen LogP contribution is -2.05. The van der Waals surface area contributed by atoms with Gasteiger partial charge in [0.2, 0.25) is 5.91 Å². The average Bonchev–Trinajstić information content (AvgIpc) is 2.79. The van der Waals surface area contributed by atoms with Crippen LogP contribution in [0.4, 0.5) is 5.69 Å². The Kier molecular flexibility index (Phi) is 4.72. The van der Waals surface area contributed by atoms with Gasteiger partial charge in [-0.1, -0.05) is 18.2 Å². The Morgan fingerprint density at radius 1 is 1.12 bits per heavy atom. The molecule has 0 radical (unpaired) electrons. The maximum Gasteiger partial charge on any atom is 0.221 e. The van der Waals surface area contributed by atoms with E-state index in [-0.39, 0.29) is 5.91 Å². The number of hydrogen-bond acceptors (Lipinski definition) is 5. The van der Waals surface area contributed by atoms with Gasteiger partial charge in [-0.3, -0.25) is 4.79 Å². The number of nitrogens with one attached hydrogen (secondary N) is 1. The molecular formula is C19H19N3OS2. The predicted molar refractivity (Wildman–Crippen MR) is 104 cm³/mol. The summed E-state index contributed by atoms with van der Waals surface area (Å²) in [4.78, 5) is 23.9. The summed E-state index contributed by atoms with van der Waals surface area (Å²) >= 11 is 3.51. The smallest absolute Gasteiger partial charge is 0.221 e. The van der Waals surface area contributed by atoms with Crippen LogP contribution in [0.2, 0.25) is 0 Å². The Bertz CT molecular complexity index is 918. The van der Waals surface area contributed by atoms with Gasteiger partial charge in [0.15, 0.2) is 0 Å². The number of amides is 1. The average molecular weight is 370 g/mol. The highest BCUT2D eigenvalue weighted by atomic mass is 32.2. The number of fused-ring (bicyclic) bond motifs is 3. The molecule has 1 N–H and O–H groups in total. The number of anilines is 1. The van der Waals surface area contributed by atoms with Crippen molar-refractivity contribution in [2.45, 2.75) is 48.9 Å². The van der Waals surface area contributed by atoms with E-state index in [1.807, 2.05) is 35.6 Å². The SMILES string of the molecule is CC(=O)Nc1ccc(Sc2ncnc3sc4c(c23)CCCCC4)cc1. The molecule has 0 spiro atoms. The number of benzene rings is 1. The number of aromatic nitrogens is 2. The minimum Gasteiger partial charge on any atom is -0.326 e. The molecule has 2 heterocycles. The zero-order valence-electron chi connectivity index (χ0n) is 14.0. The van der Waals surface area contributed by atoms with Gasteiger partial charge in [0, 0.05) is 27.8 Å². The number of rotatable bonds is 3. The van der Waals surface area contributed by atoms with Gasteiger partial charge in [0.1, 0.15) is 16.2 Å². The van der Waals surface area contributed by atoms with Crippen LogP contribution in [0.15, 0.2) is 40.5 Å². The van der Waals surface area contributed by atoms with Crippen molar-refractivity contribution in [1.82, 2.24) is 9.97 Å². The summed E-state index contributed by atoms with van der Waals surface area (Å²) in [6.45, 7) is 1.52. The van der Waals surface area contributed by atoms with Crippen LogP contribution in [0.5, 0.6) is 0 Å². The van der Waals surface area contributed by atoms with Crippen molar-refractivity contribution in [3.8, 4) is 0 Å². The normalized spacial score (nSPS) is 14.1. The fraction of sp³-hybridized carbons (Fsp3) is 0.316. The maximum absolute atomic E-state index is 11.1. The van der Waals surface area contributed by atoms with Crippen molar-refractivity contribution in [3.05, 3.63) is 41.0 Å². The first-order valence-corrected chi connectivity index (χ1v) is 10.1. The van der Waals surface area contributed by atoms with Crippen molar-refractivity contribution in [1.29, 1.82) is 0 Å². The molecule has 4 rings (SSSR count). The summed E-state index contributed by atoms with van der Waals surface area (Å²) < 4.78 is 0. The van der Waals surface area contributed by atoms with E-state index in [0.717, 1.165) is 26.9 Å². The zero-order chi connectivity index (χ0) is 17.2. The second-order valence-electron chi connectivity index (χ2n) is 6.23. The fourth-order valence-corrected chi connectivity index (χ4v) is 5.45. The van der Waals surface area contributed by atoms with Gasteiger partial charge in [0.05, 0.1) is 0 Å². The molecule has 25 heavy (non-hydrogen) atoms. The third-order valence-corrected chi connectivity index (χ3v) is 6.57. The molecule has 0 atom stereocenters. The number of carbonyl (C=O) groups excluding carboxylic acids is 1. The first kappa shape index (κ1) is 16.5. The molecular weight excluding hydrogens is 350 g/mol. The number of thiophene rings is 1. The van der Waals surface area contributed by atoms with Crippen LogP contribution in [-0.2, 0) is 17.6 Å². The topological polar surface area (TPSA) is 54.9 Å². The molecule has 1 aliphatic rings. The minimum absolute atomic E-state index is 0.0566. The highest BCUT2D eigenvalue weighted by molar-refractivity contribution is 7.99. The first-order chi connectivity index (χ1) is 12.2. The molecule has 6 heteroatoms. The van der Waals surface area contributed by atoms with Crippen molar-refractivity contribution in [2.24, 2.45) is 0 Å². The van der Waals surface area contributed by atoms with Crippen LogP contribution in [0, 0.1) is 0 Å². The summed E-state index contributed by atoms with van der Waals surface area (Å²) in [5, 5.41) is 5.09. The molecule has 0 aliphatic heterocycles. The summed E-state index contributed by atoms with van der Waals surface area (Å²) in [5.41, 5.74) is 2.28. The predicted octanol–water partition coefficient (Wildman–Crippen LogP) is 5.07. The Hall–Kier alpha value is -1.92. The molecule has 1 aliphatic carbocycles. The van der Waals surface area contributed by atoms with Gasteiger partial charge in [-0.25, -0.2) is 9.97 Å². The van der Waals surface area contributed by atoms with Crippen LogP contribution in [0.25, 0.3) is 10.2 Å². The summed E-state index contributed by atoms with van der Waals surface area (Å²) in [5.74, 6) is -0.0566. The highest BCUT2D eigenvalue weighted by Crippen LogP contribution is 2.40. The van der Waals surface area contributed by atoms with E-state index in [1.54, 1.807) is 18.1 Å². The molecule has 0 saturated heterocycles. The van der Waals surface area contributed by atoms with Crippen LogP contribution >= 0.6 is 23.1 Å².